The first-order valence-electron chi connectivity index (χ1n) is 9.92. The second-order valence-electron chi connectivity index (χ2n) is 8.11. The lowest BCUT2D eigenvalue weighted by Gasteiger charge is -2.19. The summed E-state index contributed by atoms with van der Waals surface area (Å²) in [4.78, 5) is 39.2. The van der Waals surface area contributed by atoms with Crippen molar-refractivity contribution in [2.24, 2.45) is 23.7 Å². The standard InChI is InChI=1S/C23H20FNO4/c24-16-5-3-13(4-6-16)19(26)12-29-18-9-7-17(8-10-18)25-22(27)20-14-1-2-15(11-14)21(20)23(25)28/h3-10,14-15,20-21H,1-2,11-12H2/t14-,15+,20-,21+. The molecule has 2 aromatic carbocycles. The topological polar surface area (TPSA) is 63.7 Å². The van der Waals surface area contributed by atoms with E-state index in [1.807, 2.05) is 0 Å². The fraction of sp³-hybridized carbons (Fsp3) is 0.348. The number of rotatable bonds is 5. The van der Waals surface area contributed by atoms with Crippen molar-refractivity contribution in [1.82, 2.24) is 0 Å². The molecule has 6 heteroatoms. The summed E-state index contributed by atoms with van der Waals surface area (Å²) in [5.74, 6) is 0.0563. The monoisotopic (exact) mass is 393 g/mol. The summed E-state index contributed by atoms with van der Waals surface area (Å²) in [6.45, 7) is -0.180. The van der Waals surface area contributed by atoms with Gasteiger partial charge in [-0.2, -0.15) is 0 Å². The van der Waals surface area contributed by atoms with Crippen molar-refractivity contribution < 1.29 is 23.5 Å². The third kappa shape index (κ3) is 2.94. The average molecular weight is 393 g/mol. The predicted molar refractivity (Wildman–Crippen MR) is 103 cm³/mol. The Morgan fingerprint density at radius 3 is 2.10 bits per heavy atom. The Bertz CT molecular complexity index is 957. The second kappa shape index (κ2) is 6.79. The van der Waals surface area contributed by atoms with Gasteiger partial charge in [0.15, 0.2) is 12.4 Å². The van der Waals surface area contributed by atoms with Gasteiger partial charge in [0, 0.05) is 5.56 Å². The molecule has 2 aromatic rings. The van der Waals surface area contributed by atoms with E-state index in [2.05, 4.69) is 0 Å². The normalized spacial score (nSPS) is 27.4. The van der Waals surface area contributed by atoms with Crippen LogP contribution in [0.3, 0.4) is 0 Å². The minimum absolute atomic E-state index is 0.0765. The lowest BCUT2D eigenvalue weighted by molar-refractivity contribution is -0.123. The zero-order chi connectivity index (χ0) is 20.1. The van der Waals surface area contributed by atoms with E-state index >= 15 is 0 Å². The number of hydrogen-bond donors (Lipinski definition) is 0. The first-order valence-corrected chi connectivity index (χ1v) is 9.92. The van der Waals surface area contributed by atoms with Crippen molar-refractivity contribution >= 4 is 23.3 Å². The molecule has 2 aliphatic carbocycles. The third-order valence-electron chi connectivity index (χ3n) is 6.56. The maximum atomic E-state index is 12.9. The average Bonchev–Trinajstić information content (AvgIpc) is 3.41. The van der Waals surface area contributed by atoms with E-state index in [4.69, 9.17) is 4.74 Å². The first-order chi connectivity index (χ1) is 14.0. The van der Waals surface area contributed by atoms with Gasteiger partial charge < -0.3 is 4.74 Å². The Morgan fingerprint density at radius 1 is 0.931 bits per heavy atom. The van der Waals surface area contributed by atoms with Crippen molar-refractivity contribution in [3.8, 4) is 5.75 Å². The van der Waals surface area contributed by atoms with Crippen molar-refractivity contribution in [2.75, 3.05) is 11.5 Å². The SMILES string of the molecule is O=C(COc1ccc(N2C(=O)[C@@H]3[C@@H]4CC[C@@H](C4)[C@@H]3C2=O)cc1)c1ccc(F)cc1. The molecule has 29 heavy (non-hydrogen) atoms. The molecule has 3 aliphatic rings. The molecule has 148 valence electrons. The van der Waals surface area contributed by atoms with Gasteiger partial charge in [-0.3, -0.25) is 19.3 Å². The summed E-state index contributed by atoms with van der Waals surface area (Å²) in [5.41, 5.74) is 0.920. The van der Waals surface area contributed by atoms with Gasteiger partial charge in [0.05, 0.1) is 17.5 Å². The van der Waals surface area contributed by atoms with E-state index in [0.29, 0.717) is 28.8 Å². The molecule has 0 N–H and O–H groups in total. The first kappa shape index (κ1) is 18.0. The fourth-order valence-electron chi connectivity index (χ4n) is 5.22. The van der Waals surface area contributed by atoms with Gasteiger partial charge in [-0.15, -0.1) is 0 Å². The zero-order valence-electron chi connectivity index (χ0n) is 15.7. The molecule has 1 saturated heterocycles. The molecule has 2 saturated carbocycles. The quantitative estimate of drug-likeness (QED) is 0.575. The van der Waals surface area contributed by atoms with Gasteiger partial charge in [-0.25, -0.2) is 4.39 Å². The van der Waals surface area contributed by atoms with E-state index in [0.717, 1.165) is 19.3 Å². The highest BCUT2D eigenvalue weighted by molar-refractivity contribution is 6.22. The molecular formula is C23H20FNO4. The van der Waals surface area contributed by atoms with Gasteiger partial charge in [-0.05, 0) is 79.6 Å². The maximum absolute atomic E-state index is 12.9. The highest BCUT2D eigenvalue weighted by Crippen LogP contribution is 2.56. The number of nitrogens with zero attached hydrogens (tertiary/aromatic N) is 1. The lowest BCUT2D eigenvalue weighted by atomic mass is 9.81. The van der Waals surface area contributed by atoms with Crippen LogP contribution in [-0.2, 0) is 9.59 Å². The summed E-state index contributed by atoms with van der Waals surface area (Å²) in [5, 5.41) is 0. The van der Waals surface area contributed by atoms with Crippen LogP contribution in [0.15, 0.2) is 48.5 Å². The highest BCUT2D eigenvalue weighted by atomic mass is 19.1. The van der Waals surface area contributed by atoms with E-state index in [-0.39, 0.29) is 36.0 Å². The number of fused-ring (bicyclic) bond motifs is 5. The number of benzene rings is 2. The van der Waals surface area contributed by atoms with E-state index in [9.17, 15) is 18.8 Å². The molecular weight excluding hydrogens is 373 g/mol. The number of ether oxygens (including phenoxy) is 1. The van der Waals surface area contributed by atoms with Crippen molar-refractivity contribution in [3.05, 3.63) is 59.9 Å². The van der Waals surface area contributed by atoms with Gasteiger partial charge >= 0.3 is 0 Å². The number of ketones is 1. The van der Waals surface area contributed by atoms with Gasteiger partial charge in [0.1, 0.15) is 11.6 Å². The van der Waals surface area contributed by atoms with Crippen molar-refractivity contribution in [1.29, 1.82) is 0 Å². The lowest BCUT2D eigenvalue weighted by Crippen LogP contribution is -2.32. The Kier molecular flexibility index (Phi) is 4.23. The number of halogens is 1. The Labute approximate surface area is 167 Å². The highest BCUT2D eigenvalue weighted by Gasteiger charge is 2.61. The Morgan fingerprint density at radius 2 is 1.52 bits per heavy atom. The number of hydrogen-bond acceptors (Lipinski definition) is 4. The van der Waals surface area contributed by atoms with E-state index in [1.165, 1.54) is 29.2 Å². The van der Waals surface area contributed by atoms with E-state index < -0.39 is 5.82 Å². The van der Waals surface area contributed by atoms with E-state index in [1.54, 1.807) is 24.3 Å². The minimum Gasteiger partial charge on any atom is -0.485 e. The van der Waals surface area contributed by atoms with Crippen LogP contribution in [0.5, 0.6) is 5.75 Å². The number of carbonyl (C=O) groups excluding carboxylic acids is 3. The molecule has 0 unspecified atom stereocenters. The molecule has 2 amide bonds. The maximum Gasteiger partial charge on any atom is 0.237 e. The molecule has 2 bridgehead atoms. The molecule has 5 rings (SSSR count). The smallest absolute Gasteiger partial charge is 0.237 e. The summed E-state index contributed by atoms with van der Waals surface area (Å²) in [6.07, 6.45) is 3.11. The molecule has 1 aliphatic heterocycles. The van der Waals surface area contributed by atoms with Crippen LogP contribution in [0.4, 0.5) is 10.1 Å². The van der Waals surface area contributed by atoms with Crippen LogP contribution in [0.1, 0.15) is 29.6 Å². The van der Waals surface area contributed by atoms with Crippen LogP contribution in [0.2, 0.25) is 0 Å². The Hall–Kier alpha value is -3.02. The van der Waals surface area contributed by atoms with Crippen LogP contribution >= 0.6 is 0 Å². The summed E-state index contributed by atoms with van der Waals surface area (Å²) in [7, 11) is 0. The summed E-state index contributed by atoms with van der Waals surface area (Å²) < 4.78 is 18.5. The van der Waals surface area contributed by atoms with Gasteiger partial charge in [0.25, 0.3) is 0 Å². The van der Waals surface area contributed by atoms with Crippen LogP contribution in [-0.4, -0.2) is 24.2 Å². The minimum atomic E-state index is -0.402. The number of anilines is 1. The number of amides is 2. The molecule has 5 nitrogen and oxygen atoms in total. The molecule has 1 heterocycles. The van der Waals surface area contributed by atoms with Crippen LogP contribution < -0.4 is 9.64 Å². The number of carbonyl (C=O) groups is 3. The van der Waals surface area contributed by atoms with Crippen molar-refractivity contribution in [3.63, 3.8) is 0 Å². The molecule has 0 radical (unpaired) electrons. The van der Waals surface area contributed by atoms with Gasteiger partial charge in [0.2, 0.25) is 11.8 Å². The Balaban J connectivity index is 1.26. The largest absolute Gasteiger partial charge is 0.485 e. The predicted octanol–water partition coefficient (Wildman–Crippen LogP) is 3.62. The molecule has 3 fully saturated rings. The number of Topliss-reactive ketones (excluding diaryl/α,β-unsaturated/α-hetero) is 1. The van der Waals surface area contributed by atoms with Crippen LogP contribution in [0.25, 0.3) is 0 Å². The molecule has 0 spiro atoms. The summed E-state index contributed by atoms with van der Waals surface area (Å²) in [6, 6.07) is 11.9. The third-order valence-corrected chi connectivity index (χ3v) is 6.56. The van der Waals surface area contributed by atoms with Crippen LogP contribution in [0, 0.1) is 29.5 Å². The molecule has 4 atom stereocenters. The fourth-order valence-corrected chi connectivity index (χ4v) is 5.22. The molecule has 0 aromatic heterocycles. The summed E-state index contributed by atoms with van der Waals surface area (Å²) >= 11 is 0. The zero-order valence-corrected chi connectivity index (χ0v) is 15.7. The van der Waals surface area contributed by atoms with Crippen molar-refractivity contribution in [2.45, 2.75) is 19.3 Å². The second-order valence-corrected chi connectivity index (χ2v) is 8.11. The number of imide groups is 1. The van der Waals surface area contributed by atoms with Gasteiger partial charge in [-0.1, -0.05) is 0 Å².